The Kier molecular flexibility index (Phi) is 6.14. The predicted octanol–water partition coefficient (Wildman–Crippen LogP) is 3.83. The molecule has 160 valence electrons. The molecule has 10 heteroatoms. The minimum Gasteiger partial charge on any atom is -0.453 e. The number of amides is 2. The number of carbonyl (C=O) groups excluding carboxylic acids is 2. The van der Waals surface area contributed by atoms with E-state index in [4.69, 9.17) is 4.74 Å². The molecule has 6 nitrogen and oxygen atoms in total. The zero-order valence-electron chi connectivity index (χ0n) is 15.8. The van der Waals surface area contributed by atoms with E-state index in [1.807, 2.05) is 0 Å². The average Bonchev–Trinajstić information content (AvgIpc) is 2.64. The molecule has 2 aromatic carbocycles. The first kappa shape index (κ1) is 21.4. The SMILES string of the molecule is Cc1cccc(F)c1Oc1ccc(OC(F)(F)F)cc1C(=O)NC1CCNC(=O)C1. The number of rotatable bonds is 5. The fraction of sp³-hybridized carbons (Fsp3) is 0.300. The molecule has 1 fully saturated rings. The summed E-state index contributed by atoms with van der Waals surface area (Å²) in [6.45, 7) is 1.94. The minimum absolute atomic E-state index is 0.0348. The van der Waals surface area contributed by atoms with Gasteiger partial charge in [0.2, 0.25) is 5.91 Å². The van der Waals surface area contributed by atoms with Crippen LogP contribution in [-0.2, 0) is 4.79 Å². The maximum atomic E-state index is 14.1. The number of benzene rings is 2. The van der Waals surface area contributed by atoms with E-state index in [0.29, 0.717) is 18.5 Å². The molecular formula is C20H18F4N2O4. The molecule has 1 aliphatic heterocycles. The summed E-state index contributed by atoms with van der Waals surface area (Å²) < 4.78 is 61.3. The van der Waals surface area contributed by atoms with Crippen molar-refractivity contribution in [1.82, 2.24) is 10.6 Å². The first-order valence-electron chi connectivity index (χ1n) is 9.03. The van der Waals surface area contributed by atoms with E-state index in [-0.39, 0.29) is 29.4 Å². The summed E-state index contributed by atoms with van der Waals surface area (Å²) >= 11 is 0. The van der Waals surface area contributed by atoms with Crippen LogP contribution in [0.15, 0.2) is 36.4 Å². The van der Waals surface area contributed by atoms with Gasteiger partial charge in [0.1, 0.15) is 11.5 Å². The normalized spacial score (nSPS) is 16.6. The standard InChI is InChI=1S/C20H18F4N2O4/c1-11-3-2-4-15(21)18(11)29-16-6-5-13(30-20(22,23)24)10-14(16)19(28)26-12-7-8-25-17(27)9-12/h2-6,10,12H,7-9H2,1H3,(H,25,27)(H,26,28). The van der Waals surface area contributed by atoms with Crippen LogP contribution < -0.4 is 20.1 Å². The molecule has 2 amide bonds. The van der Waals surface area contributed by atoms with Gasteiger partial charge < -0.3 is 20.1 Å². The number of para-hydroxylation sites is 1. The van der Waals surface area contributed by atoms with Crippen molar-refractivity contribution < 1.29 is 36.6 Å². The smallest absolute Gasteiger partial charge is 0.453 e. The summed E-state index contributed by atoms with van der Waals surface area (Å²) in [5, 5.41) is 5.22. The largest absolute Gasteiger partial charge is 0.573 e. The van der Waals surface area contributed by atoms with Crippen molar-refractivity contribution >= 4 is 11.8 Å². The molecule has 1 unspecified atom stereocenters. The summed E-state index contributed by atoms with van der Waals surface area (Å²) in [6, 6.07) is 6.63. The van der Waals surface area contributed by atoms with Crippen molar-refractivity contribution in [2.45, 2.75) is 32.2 Å². The Morgan fingerprint density at radius 2 is 2.00 bits per heavy atom. The van der Waals surface area contributed by atoms with Gasteiger partial charge in [-0.25, -0.2) is 4.39 Å². The van der Waals surface area contributed by atoms with Gasteiger partial charge in [-0.3, -0.25) is 9.59 Å². The number of carbonyl (C=O) groups is 2. The van der Waals surface area contributed by atoms with E-state index in [0.717, 1.165) is 24.3 Å². The highest BCUT2D eigenvalue weighted by molar-refractivity contribution is 5.98. The molecule has 0 bridgehead atoms. The van der Waals surface area contributed by atoms with Crippen molar-refractivity contribution in [3.63, 3.8) is 0 Å². The summed E-state index contributed by atoms with van der Waals surface area (Å²) in [5.74, 6) is -2.67. The first-order chi connectivity index (χ1) is 14.1. The summed E-state index contributed by atoms with van der Waals surface area (Å²) in [6.07, 6.45) is -4.47. The number of halogens is 4. The van der Waals surface area contributed by atoms with Crippen LogP contribution in [0.4, 0.5) is 17.6 Å². The van der Waals surface area contributed by atoms with Gasteiger partial charge in [-0.05, 0) is 43.2 Å². The molecule has 0 aliphatic carbocycles. The Balaban J connectivity index is 1.93. The Hall–Kier alpha value is -3.30. The number of hydrogen-bond donors (Lipinski definition) is 2. The molecule has 1 saturated heterocycles. The fourth-order valence-electron chi connectivity index (χ4n) is 3.00. The van der Waals surface area contributed by atoms with Gasteiger partial charge in [-0.2, -0.15) is 0 Å². The van der Waals surface area contributed by atoms with Crippen LogP contribution in [0.5, 0.6) is 17.2 Å². The Morgan fingerprint density at radius 3 is 2.67 bits per heavy atom. The summed E-state index contributed by atoms with van der Waals surface area (Å²) in [5.41, 5.74) is 0.145. The molecule has 2 N–H and O–H groups in total. The molecule has 30 heavy (non-hydrogen) atoms. The molecule has 0 spiro atoms. The number of aryl methyl sites for hydroxylation is 1. The Labute approximate surface area is 169 Å². The lowest BCUT2D eigenvalue weighted by molar-refractivity contribution is -0.274. The average molecular weight is 426 g/mol. The van der Waals surface area contributed by atoms with Crippen molar-refractivity contribution in [3.8, 4) is 17.2 Å². The molecule has 3 rings (SSSR count). The minimum atomic E-state index is -4.96. The lowest BCUT2D eigenvalue weighted by atomic mass is 10.0. The lowest BCUT2D eigenvalue weighted by Gasteiger charge is -2.24. The predicted molar refractivity (Wildman–Crippen MR) is 97.8 cm³/mol. The Morgan fingerprint density at radius 1 is 1.23 bits per heavy atom. The second-order valence-corrected chi connectivity index (χ2v) is 6.71. The van der Waals surface area contributed by atoms with Crippen LogP contribution in [0.2, 0.25) is 0 Å². The quantitative estimate of drug-likeness (QED) is 0.713. The van der Waals surface area contributed by atoms with Gasteiger partial charge >= 0.3 is 6.36 Å². The van der Waals surface area contributed by atoms with Gasteiger partial charge in [0.05, 0.1) is 5.56 Å². The second kappa shape index (κ2) is 8.60. The molecule has 2 aromatic rings. The van der Waals surface area contributed by atoms with Crippen molar-refractivity contribution in [1.29, 1.82) is 0 Å². The summed E-state index contributed by atoms with van der Waals surface area (Å²) in [7, 11) is 0. The zero-order valence-corrected chi connectivity index (χ0v) is 15.8. The monoisotopic (exact) mass is 426 g/mol. The first-order valence-corrected chi connectivity index (χ1v) is 9.03. The van der Waals surface area contributed by atoms with Crippen LogP contribution in [-0.4, -0.2) is 30.8 Å². The number of piperidine rings is 1. The van der Waals surface area contributed by atoms with Gasteiger partial charge in [0.15, 0.2) is 11.6 Å². The van der Waals surface area contributed by atoms with Gasteiger partial charge in [0, 0.05) is 19.0 Å². The highest BCUT2D eigenvalue weighted by atomic mass is 19.4. The molecule has 1 heterocycles. The van der Waals surface area contributed by atoms with Gasteiger partial charge in [0.25, 0.3) is 5.91 Å². The van der Waals surface area contributed by atoms with E-state index in [1.165, 1.54) is 6.07 Å². The van der Waals surface area contributed by atoms with Crippen molar-refractivity contribution in [3.05, 3.63) is 53.3 Å². The zero-order chi connectivity index (χ0) is 21.9. The number of ether oxygens (including phenoxy) is 2. The fourth-order valence-corrected chi connectivity index (χ4v) is 3.00. The highest BCUT2D eigenvalue weighted by Gasteiger charge is 2.32. The van der Waals surface area contributed by atoms with Crippen molar-refractivity contribution in [2.24, 2.45) is 0 Å². The van der Waals surface area contributed by atoms with E-state index < -0.39 is 29.9 Å². The number of hydrogen-bond acceptors (Lipinski definition) is 4. The second-order valence-electron chi connectivity index (χ2n) is 6.71. The third-order valence-corrected chi connectivity index (χ3v) is 4.39. The topological polar surface area (TPSA) is 76.7 Å². The van der Waals surface area contributed by atoms with E-state index in [2.05, 4.69) is 15.4 Å². The molecule has 0 radical (unpaired) electrons. The van der Waals surface area contributed by atoms with E-state index in [1.54, 1.807) is 13.0 Å². The van der Waals surface area contributed by atoms with Crippen LogP contribution in [0.25, 0.3) is 0 Å². The van der Waals surface area contributed by atoms with Crippen LogP contribution in [0.1, 0.15) is 28.8 Å². The third kappa shape index (κ3) is 5.40. The van der Waals surface area contributed by atoms with Crippen LogP contribution >= 0.6 is 0 Å². The molecule has 0 aromatic heterocycles. The van der Waals surface area contributed by atoms with Gasteiger partial charge in [-0.15, -0.1) is 13.2 Å². The van der Waals surface area contributed by atoms with Crippen LogP contribution in [0.3, 0.4) is 0 Å². The molecule has 1 aliphatic rings. The highest BCUT2D eigenvalue weighted by Crippen LogP contribution is 2.34. The van der Waals surface area contributed by atoms with E-state index >= 15 is 0 Å². The third-order valence-electron chi connectivity index (χ3n) is 4.39. The maximum absolute atomic E-state index is 14.1. The van der Waals surface area contributed by atoms with E-state index in [9.17, 15) is 27.2 Å². The lowest BCUT2D eigenvalue weighted by Crippen LogP contribution is -2.45. The van der Waals surface area contributed by atoms with Gasteiger partial charge in [-0.1, -0.05) is 12.1 Å². The molecular weight excluding hydrogens is 408 g/mol. The van der Waals surface area contributed by atoms with Crippen molar-refractivity contribution in [2.75, 3.05) is 6.54 Å². The van der Waals surface area contributed by atoms with Crippen LogP contribution in [0, 0.1) is 12.7 Å². The maximum Gasteiger partial charge on any atom is 0.573 e. The molecule has 1 atom stereocenters. The summed E-state index contributed by atoms with van der Waals surface area (Å²) in [4.78, 5) is 24.3. The number of nitrogens with one attached hydrogen (secondary N) is 2. The number of alkyl halides is 3. The molecule has 0 saturated carbocycles. The Bertz CT molecular complexity index is 942.